The van der Waals surface area contributed by atoms with Crippen LogP contribution < -0.4 is 10.9 Å². The molecular formula is C18H14ClN3O4S2. The number of nitrogens with zero attached hydrogens (tertiary/aromatic N) is 1. The zero-order valence-corrected chi connectivity index (χ0v) is 16.6. The highest BCUT2D eigenvalue weighted by Gasteiger charge is 2.22. The molecule has 3 rings (SSSR count). The first-order valence-electron chi connectivity index (χ1n) is 7.94. The van der Waals surface area contributed by atoms with Crippen LogP contribution in [0.4, 0.5) is 5.69 Å². The van der Waals surface area contributed by atoms with Crippen molar-refractivity contribution in [2.45, 2.75) is 14.9 Å². The number of amides is 1. The Morgan fingerprint density at radius 2 is 1.89 bits per heavy atom. The van der Waals surface area contributed by atoms with Crippen LogP contribution in [-0.4, -0.2) is 30.0 Å². The largest absolute Gasteiger partial charge is 0.325 e. The molecule has 3 aromatic rings. The van der Waals surface area contributed by atoms with E-state index in [4.69, 9.17) is 11.6 Å². The fraction of sp³-hybridized carbons (Fsp3) is 0.0556. The highest BCUT2D eigenvalue weighted by Crippen LogP contribution is 2.21. The lowest BCUT2D eigenvalue weighted by molar-refractivity contribution is -0.113. The molecule has 1 amide bonds. The van der Waals surface area contributed by atoms with E-state index >= 15 is 0 Å². The highest BCUT2D eigenvalue weighted by atomic mass is 35.5. The number of halogens is 1. The molecule has 0 saturated carbocycles. The standard InChI is InChI=1S/C18H14ClN3O4S2/c19-12-5-4-8-14(9-12)28(25,26)15-10-20-18(22-17(15)24)27-11-16(23)21-13-6-2-1-3-7-13/h1-10H,11H2,(H,21,23)(H,20,22,24). The van der Waals surface area contributed by atoms with Crippen molar-refractivity contribution >= 4 is 44.8 Å². The third-order valence-corrected chi connectivity index (χ3v) is 6.40. The van der Waals surface area contributed by atoms with Crippen LogP contribution in [0.2, 0.25) is 5.02 Å². The Balaban J connectivity index is 1.72. The van der Waals surface area contributed by atoms with Gasteiger partial charge in [-0.25, -0.2) is 13.4 Å². The van der Waals surface area contributed by atoms with Gasteiger partial charge in [0.2, 0.25) is 15.7 Å². The molecule has 0 saturated heterocycles. The minimum absolute atomic E-state index is 0.00176. The molecule has 0 aliphatic carbocycles. The van der Waals surface area contributed by atoms with Crippen molar-refractivity contribution in [1.29, 1.82) is 0 Å². The van der Waals surface area contributed by atoms with Gasteiger partial charge >= 0.3 is 0 Å². The van der Waals surface area contributed by atoms with E-state index in [1.54, 1.807) is 24.3 Å². The van der Waals surface area contributed by atoms with Crippen molar-refractivity contribution in [2.24, 2.45) is 0 Å². The molecule has 28 heavy (non-hydrogen) atoms. The average Bonchev–Trinajstić information content (AvgIpc) is 2.67. The van der Waals surface area contributed by atoms with Gasteiger partial charge in [0, 0.05) is 10.7 Å². The van der Waals surface area contributed by atoms with Crippen molar-refractivity contribution in [3.05, 3.63) is 76.2 Å². The molecule has 144 valence electrons. The van der Waals surface area contributed by atoms with E-state index < -0.39 is 20.3 Å². The Bertz CT molecular complexity index is 1160. The van der Waals surface area contributed by atoms with Crippen LogP contribution in [0, 0.1) is 0 Å². The van der Waals surface area contributed by atoms with Gasteiger partial charge in [0.1, 0.15) is 0 Å². The van der Waals surface area contributed by atoms with Crippen molar-refractivity contribution in [1.82, 2.24) is 9.97 Å². The molecule has 0 unspecified atom stereocenters. The van der Waals surface area contributed by atoms with Crippen LogP contribution in [0.15, 0.2) is 80.5 Å². The molecule has 0 spiro atoms. The molecule has 0 atom stereocenters. The number of H-pyrrole nitrogens is 1. The van der Waals surface area contributed by atoms with E-state index in [0.717, 1.165) is 18.0 Å². The Morgan fingerprint density at radius 1 is 1.14 bits per heavy atom. The Labute approximate surface area is 170 Å². The van der Waals surface area contributed by atoms with Gasteiger partial charge in [0.15, 0.2) is 10.1 Å². The first kappa shape index (κ1) is 20.1. The van der Waals surface area contributed by atoms with Gasteiger partial charge in [-0.1, -0.05) is 47.6 Å². The number of hydrogen-bond donors (Lipinski definition) is 2. The van der Waals surface area contributed by atoms with Gasteiger partial charge in [0.05, 0.1) is 16.8 Å². The summed E-state index contributed by atoms with van der Waals surface area (Å²) in [5.41, 5.74) is -0.168. The van der Waals surface area contributed by atoms with E-state index in [1.807, 2.05) is 6.07 Å². The summed E-state index contributed by atoms with van der Waals surface area (Å²) in [5, 5.41) is 3.08. The van der Waals surface area contributed by atoms with Gasteiger partial charge in [-0.15, -0.1) is 0 Å². The monoisotopic (exact) mass is 435 g/mol. The van der Waals surface area contributed by atoms with Gasteiger partial charge in [-0.05, 0) is 30.3 Å². The van der Waals surface area contributed by atoms with Crippen LogP contribution in [0.5, 0.6) is 0 Å². The number of nitrogens with one attached hydrogen (secondary N) is 2. The van der Waals surface area contributed by atoms with Gasteiger partial charge in [-0.3, -0.25) is 9.59 Å². The normalized spacial score (nSPS) is 11.2. The number of carbonyl (C=O) groups is 1. The number of benzene rings is 2. The summed E-state index contributed by atoms with van der Waals surface area (Å²) in [7, 11) is -4.06. The van der Waals surface area contributed by atoms with Crippen LogP contribution in [0.3, 0.4) is 0 Å². The topological polar surface area (TPSA) is 109 Å². The number of sulfone groups is 1. The molecule has 0 aliphatic heterocycles. The summed E-state index contributed by atoms with van der Waals surface area (Å²) < 4.78 is 25.2. The quantitative estimate of drug-likeness (QED) is 0.455. The summed E-state index contributed by atoms with van der Waals surface area (Å²) in [5.74, 6) is -0.285. The van der Waals surface area contributed by atoms with E-state index in [-0.39, 0.29) is 26.7 Å². The number of aromatic amines is 1. The number of carbonyl (C=O) groups excluding carboxylic acids is 1. The maximum Gasteiger partial charge on any atom is 0.270 e. The van der Waals surface area contributed by atoms with Crippen molar-refractivity contribution in [3.8, 4) is 0 Å². The fourth-order valence-electron chi connectivity index (χ4n) is 2.25. The number of para-hydroxylation sites is 1. The van der Waals surface area contributed by atoms with Gasteiger partial charge in [0.25, 0.3) is 5.56 Å². The lowest BCUT2D eigenvalue weighted by Crippen LogP contribution is -2.20. The molecule has 7 nitrogen and oxygen atoms in total. The van der Waals surface area contributed by atoms with Crippen LogP contribution >= 0.6 is 23.4 Å². The lowest BCUT2D eigenvalue weighted by atomic mass is 10.3. The number of rotatable bonds is 6. The van der Waals surface area contributed by atoms with Crippen LogP contribution in [0.25, 0.3) is 0 Å². The highest BCUT2D eigenvalue weighted by molar-refractivity contribution is 7.99. The molecule has 10 heteroatoms. The van der Waals surface area contributed by atoms with Crippen LogP contribution in [0.1, 0.15) is 0 Å². The maximum absolute atomic E-state index is 12.6. The molecule has 0 fully saturated rings. The number of hydrogen-bond acceptors (Lipinski definition) is 6. The predicted octanol–water partition coefficient (Wildman–Crippen LogP) is 2.99. The number of aromatic nitrogens is 2. The molecular weight excluding hydrogens is 422 g/mol. The van der Waals surface area contributed by atoms with Gasteiger partial charge in [-0.2, -0.15) is 0 Å². The van der Waals surface area contributed by atoms with Crippen molar-refractivity contribution in [2.75, 3.05) is 11.1 Å². The van der Waals surface area contributed by atoms with Crippen LogP contribution in [-0.2, 0) is 14.6 Å². The molecule has 1 heterocycles. The molecule has 0 aliphatic rings. The Morgan fingerprint density at radius 3 is 2.57 bits per heavy atom. The van der Waals surface area contributed by atoms with E-state index in [1.165, 1.54) is 24.3 Å². The first-order valence-corrected chi connectivity index (χ1v) is 10.8. The third kappa shape index (κ3) is 4.80. The van der Waals surface area contributed by atoms with Crippen molar-refractivity contribution in [3.63, 3.8) is 0 Å². The SMILES string of the molecule is O=C(CSc1ncc(S(=O)(=O)c2cccc(Cl)c2)c(=O)[nH]1)Nc1ccccc1. The second kappa shape index (κ2) is 8.59. The zero-order chi connectivity index (χ0) is 20.1. The van der Waals surface area contributed by atoms with E-state index in [0.29, 0.717) is 5.69 Å². The van der Waals surface area contributed by atoms with E-state index in [9.17, 15) is 18.0 Å². The molecule has 0 bridgehead atoms. The zero-order valence-electron chi connectivity index (χ0n) is 14.3. The molecule has 0 radical (unpaired) electrons. The summed E-state index contributed by atoms with van der Waals surface area (Å²) in [6.07, 6.45) is 0.979. The minimum Gasteiger partial charge on any atom is -0.325 e. The second-order valence-corrected chi connectivity index (χ2v) is 8.86. The first-order chi connectivity index (χ1) is 13.4. The number of anilines is 1. The Hall–Kier alpha value is -2.62. The average molecular weight is 436 g/mol. The van der Waals surface area contributed by atoms with E-state index in [2.05, 4.69) is 15.3 Å². The molecule has 1 aromatic heterocycles. The summed E-state index contributed by atoms with van der Waals surface area (Å²) in [6.45, 7) is 0. The Kier molecular flexibility index (Phi) is 6.18. The smallest absolute Gasteiger partial charge is 0.270 e. The fourth-order valence-corrected chi connectivity index (χ4v) is 4.41. The predicted molar refractivity (Wildman–Crippen MR) is 108 cm³/mol. The lowest BCUT2D eigenvalue weighted by Gasteiger charge is -2.06. The summed E-state index contributed by atoms with van der Waals surface area (Å²) in [6, 6.07) is 14.5. The molecule has 2 aromatic carbocycles. The molecule has 2 N–H and O–H groups in total. The summed E-state index contributed by atoms with van der Waals surface area (Å²) in [4.78, 5) is 30.0. The van der Waals surface area contributed by atoms with Crippen molar-refractivity contribution < 1.29 is 13.2 Å². The van der Waals surface area contributed by atoms with Gasteiger partial charge < -0.3 is 10.3 Å². The maximum atomic E-state index is 12.6. The third-order valence-electron chi connectivity index (χ3n) is 3.54. The summed E-state index contributed by atoms with van der Waals surface area (Å²) >= 11 is 6.81. The second-order valence-electron chi connectivity index (χ2n) is 5.55. The number of thioether (sulfide) groups is 1. The minimum atomic E-state index is -4.06.